The second-order valence-electron chi connectivity index (χ2n) is 5.20. The lowest BCUT2D eigenvalue weighted by molar-refractivity contribution is -0.141. The van der Waals surface area contributed by atoms with Crippen molar-refractivity contribution in [2.75, 3.05) is 26.2 Å². The smallest absolute Gasteiger partial charge is 0.433 e. The normalized spacial score (nSPS) is 11.3. The molecule has 0 N–H and O–H groups in total. The van der Waals surface area contributed by atoms with E-state index in [2.05, 4.69) is 9.97 Å². The van der Waals surface area contributed by atoms with Gasteiger partial charge in [0.05, 0.1) is 14.2 Å². The van der Waals surface area contributed by atoms with E-state index in [9.17, 15) is 13.2 Å². The Morgan fingerprint density at radius 2 is 1.71 bits per heavy atom. The van der Waals surface area contributed by atoms with Crippen molar-refractivity contribution in [1.82, 2.24) is 9.97 Å². The summed E-state index contributed by atoms with van der Waals surface area (Å²) in [5.74, 6) is 1.41. The van der Waals surface area contributed by atoms with E-state index in [-0.39, 0.29) is 11.6 Å². The van der Waals surface area contributed by atoms with Gasteiger partial charge >= 0.3 is 6.18 Å². The number of aromatic nitrogens is 2. The summed E-state index contributed by atoms with van der Waals surface area (Å²) in [5.41, 5.74) is -0.107. The van der Waals surface area contributed by atoms with Crippen molar-refractivity contribution in [2.24, 2.45) is 0 Å². The molecule has 1 aromatic carbocycles. The largest absolute Gasteiger partial charge is 0.493 e. The van der Waals surface area contributed by atoms with Crippen molar-refractivity contribution in [2.45, 2.75) is 19.6 Å². The molecular weight excluding hydrogens is 323 g/mol. The Morgan fingerprint density at radius 3 is 2.29 bits per heavy atom. The lowest BCUT2D eigenvalue weighted by Gasteiger charge is -2.20. The van der Waals surface area contributed by atoms with E-state index in [1.54, 1.807) is 24.1 Å². The van der Waals surface area contributed by atoms with Crippen molar-refractivity contribution in [3.05, 3.63) is 41.3 Å². The first-order valence-corrected chi connectivity index (χ1v) is 7.09. The number of ether oxygens (including phenoxy) is 2. The van der Waals surface area contributed by atoms with Crippen LogP contribution in [0.4, 0.5) is 19.0 Å². The first-order chi connectivity index (χ1) is 11.2. The zero-order chi connectivity index (χ0) is 17.9. The number of hydrogen-bond acceptors (Lipinski definition) is 5. The molecule has 1 aromatic heterocycles. The van der Waals surface area contributed by atoms with Crippen LogP contribution in [-0.4, -0.2) is 31.2 Å². The van der Waals surface area contributed by atoms with Crippen LogP contribution >= 0.6 is 0 Å². The molecule has 8 heteroatoms. The Bertz CT molecular complexity index is 720. The van der Waals surface area contributed by atoms with Crippen LogP contribution < -0.4 is 14.4 Å². The first-order valence-electron chi connectivity index (χ1n) is 7.09. The maximum Gasteiger partial charge on any atom is 0.433 e. The second-order valence-corrected chi connectivity index (χ2v) is 5.20. The Hall–Kier alpha value is -2.51. The van der Waals surface area contributed by atoms with Crippen LogP contribution in [0.5, 0.6) is 11.5 Å². The van der Waals surface area contributed by atoms with Gasteiger partial charge in [0.25, 0.3) is 0 Å². The van der Waals surface area contributed by atoms with Gasteiger partial charge in [0.1, 0.15) is 17.3 Å². The van der Waals surface area contributed by atoms with Crippen molar-refractivity contribution >= 4 is 5.82 Å². The fourth-order valence-corrected chi connectivity index (χ4v) is 2.23. The van der Waals surface area contributed by atoms with E-state index in [1.807, 2.05) is 6.07 Å². The molecular formula is C16H18F3N3O2. The van der Waals surface area contributed by atoms with Crippen LogP contribution in [0.2, 0.25) is 0 Å². The van der Waals surface area contributed by atoms with Crippen LogP contribution in [0.3, 0.4) is 0 Å². The monoisotopic (exact) mass is 341 g/mol. The average Bonchev–Trinajstić information content (AvgIpc) is 2.53. The molecule has 0 unspecified atom stereocenters. The van der Waals surface area contributed by atoms with Crippen LogP contribution in [0.1, 0.15) is 17.1 Å². The van der Waals surface area contributed by atoms with E-state index >= 15 is 0 Å². The molecule has 0 aliphatic heterocycles. The Balaban J connectivity index is 2.27. The first kappa shape index (κ1) is 17.8. The molecule has 1 heterocycles. The van der Waals surface area contributed by atoms with E-state index < -0.39 is 11.9 Å². The van der Waals surface area contributed by atoms with Crippen molar-refractivity contribution in [3.63, 3.8) is 0 Å². The molecule has 130 valence electrons. The Labute approximate surface area is 138 Å². The molecule has 0 atom stereocenters. The molecule has 0 amide bonds. The summed E-state index contributed by atoms with van der Waals surface area (Å²) in [6.07, 6.45) is -4.51. The number of anilines is 1. The molecule has 0 radical (unpaired) electrons. The Morgan fingerprint density at radius 1 is 1.04 bits per heavy atom. The third kappa shape index (κ3) is 4.06. The SMILES string of the molecule is COc1ccc(CN(C)c2cc(C(F)(F)F)nc(C)n2)cc1OC. The predicted octanol–water partition coefficient (Wildman–Crippen LogP) is 3.46. The number of nitrogens with zero attached hydrogens (tertiary/aromatic N) is 3. The summed E-state index contributed by atoms with van der Waals surface area (Å²) >= 11 is 0. The molecule has 2 aromatic rings. The molecule has 0 saturated carbocycles. The van der Waals surface area contributed by atoms with Gasteiger partial charge in [-0.25, -0.2) is 9.97 Å². The van der Waals surface area contributed by atoms with Crippen LogP contribution in [-0.2, 0) is 12.7 Å². The number of hydrogen-bond donors (Lipinski definition) is 0. The minimum atomic E-state index is -4.51. The van der Waals surface area contributed by atoms with Gasteiger partial charge in [-0.15, -0.1) is 0 Å². The van der Waals surface area contributed by atoms with E-state index in [4.69, 9.17) is 9.47 Å². The number of methoxy groups -OCH3 is 2. The summed E-state index contributed by atoms with van der Waals surface area (Å²) in [4.78, 5) is 9.14. The molecule has 0 saturated heterocycles. The molecule has 0 bridgehead atoms. The van der Waals surface area contributed by atoms with Crippen LogP contribution in [0, 0.1) is 6.92 Å². The quantitative estimate of drug-likeness (QED) is 0.833. The number of benzene rings is 1. The van der Waals surface area contributed by atoms with Gasteiger partial charge < -0.3 is 14.4 Å². The van der Waals surface area contributed by atoms with E-state index in [0.29, 0.717) is 18.0 Å². The van der Waals surface area contributed by atoms with Crippen LogP contribution in [0.25, 0.3) is 0 Å². The third-order valence-corrected chi connectivity index (χ3v) is 3.37. The number of rotatable bonds is 5. The fraction of sp³-hybridized carbons (Fsp3) is 0.375. The van der Waals surface area contributed by atoms with E-state index in [1.165, 1.54) is 21.1 Å². The topological polar surface area (TPSA) is 47.5 Å². The van der Waals surface area contributed by atoms with Crippen molar-refractivity contribution in [3.8, 4) is 11.5 Å². The standard InChI is InChI=1S/C16H18F3N3O2/c1-10-20-14(16(17,18)19)8-15(21-10)22(2)9-11-5-6-12(23-3)13(7-11)24-4/h5-8H,9H2,1-4H3. The molecule has 0 aliphatic carbocycles. The van der Waals surface area contributed by atoms with Crippen molar-refractivity contribution in [1.29, 1.82) is 0 Å². The maximum atomic E-state index is 12.9. The molecule has 0 spiro atoms. The van der Waals surface area contributed by atoms with Gasteiger partial charge in [-0.1, -0.05) is 6.07 Å². The predicted molar refractivity (Wildman–Crippen MR) is 83.4 cm³/mol. The third-order valence-electron chi connectivity index (χ3n) is 3.37. The molecule has 0 aliphatic rings. The fourth-order valence-electron chi connectivity index (χ4n) is 2.23. The highest BCUT2D eigenvalue weighted by atomic mass is 19.4. The van der Waals surface area contributed by atoms with Gasteiger partial charge in [0.2, 0.25) is 0 Å². The zero-order valence-corrected chi connectivity index (χ0v) is 13.8. The highest BCUT2D eigenvalue weighted by Crippen LogP contribution is 2.31. The summed E-state index contributed by atoms with van der Waals surface area (Å²) < 4.78 is 49.0. The summed E-state index contributed by atoms with van der Waals surface area (Å²) in [6, 6.07) is 6.27. The summed E-state index contributed by atoms with van der Waals surface area (Å²) in [7, 11) is 4.72. The number of aryl methyl sites for hydroxylation is 1. The molecule has 5 nitrogen and oxygen atoms in total. The zero-order valence-electron chi connectivity index (χ0n) is 13.8. The van der Waals surface area contributed by atoms with Gasteiger partial charge in [-0.3, -0.25) is 0 Å². The van der Waals surface area contributed by atoms with Crippen LogP contribution in [0.15, 0.2) is 24.3 Å². The average molecular weight is 341 g/mol. The van der Waals surface area contributed by atoms with Gasteiger partial charge in [-0.05, 0) is 24.6 Å². The maximum absolute atomic E-state index is 12.9. The highest BCUT2D eigenvalue weighted by molar-refractivity contribution is 5.45. The molecule has 24 heavy (non-hydrogen) atoms. The second kappa shape index (κ2) is 6.94. The number of halogens is 3. The Kier molecular flexibility index (Phi) is 5.16. The van der Waals surface area contributed by atoms with Crippen molar-refractivity contribution < 1.29 is 22.6 Å². The summed E-state index contributed by atoms with van der Waals surface area (Å²) in [6.45, 7) is 1.79. The number of alkyl halides is 3. The highest BCUT2D eigenvalue weighted by Gasteiger charge is 2.33. The minimum absolute atomic E-state index is 0.0685. The molecule has 2 rings (SSSR count). The van der Waals surface area contributed by atoms with Gasteiger partial charge in [0.15, 0.2) is 11.5 Å². The lowest BCUT2D eigenvalue weighted by atomic mass is 10.2. The van der Waals surface area contributed by atoms with Gasteiger partial charge in [-0.2, -0.15) is 13.2 Å². The van der Waals surface area contributed by atoms with E-state index in [0.717, 1.165) is 11.6 Å². The lowest BCUT2D eigenvalue weighted by Crippen LogP contribution is -2.20. The minimum Gasteiger partial charge on any atom is -0.493 e. The molecule has 0 fully saturated rings. The van der Waals surface area contributed by atoms with Gasteiger partial charge in [0, 0.05) is 19.7 Å². The summed E-state index contributed by atoms with van der Waals surface area (Å²) in [5, 5.41) is 0.